The molecular weight excluding hydrogens is 1050 g/mol. The van der Waals surface area contributed by atoms with E-state index in [4.69, 9.17) is 54.1 Å². The number of esters is 3. The van der Waals surface area contributed by atoms with Gasteiger partial charge < -0.3 is 53.9 Å². The quantitative estimate of drug-likeness (QED) is 0.0274. The summed E-state index contributed by atoms with van der Waals surface area (Å²) in [7, 11) is 6.75. The second-order valence-electron chi connectivity index (χ2n) is 21.0. The molecule has 0 spiro atoms. The van der Waals surface area contributed by atoms with E-state index < -0.39 is 89.2 Å². The third kappa shape index (κ3) is 44.5. The molecule has 0 saturated heterocycles. The van der Waals surface area contributed by atoms with Crippen molar-refractivity contribution in [2.45, 2.75) is 169 Å². The minimum atomic E-state index is -4.27. The maximum Gasteiger partial charge on any atom is 0.410 e. The van der Waals surface area contributed by atoms with Crippen molar-refractivity contribution >= 4 is 90.5 Å². The molecule has 0 rings (SSSR count). The average Bonchev–Trinajstić information content (AvgIpc) is 3.10. The van der Waals surface area contributed by atoms with E-state index in [-0.39, 0.29) is 58.0 Å². The lowest BCUT2D eigenvalue weighted by Gasteiger charge is -2.30. The van der Waals surface area contributed by atoms with E-state index in [1.54, 1.807) is 111 Å². The molecule has 2 amide bonds. The number of alkyl halides is 1. The van der Waals surface area contributed by atoms with E-state index in [2.05, 4.69) is 10.6 Å². The van der Waals surface area contributed by atoms with Crippen LogP contribution in [-0.2, 0) is 56.2 Å². The highest BCUT2D eigenvalue weighted by Gasteiger charge is 2.37. The molecule has 0 fully saturated rings. The summed E-state index contributed by atoms with van der Waals surface area (Å²) in [5.74, 6) is -1.00. The van der Waals surface area contributed by atoms with Gasteiger partial charge in [-0.15, -0.1) is 12.4 Å². The van der Waals surface area contributed by atoms with Crippen LogP contribution in [0.2, 0.25) is 0 Å². The monoisotopic (exact) mass is 1140 g/mol. The summed E-state index contributed by atoms with van der Waals surface area (Å²) in [4.78, 5) is 80.5. The van der Waals surface area contributed by atoms with Crippen LogP contribution in [0.5, 0.6) is 0 Å². The SMILES string of the molecule is C.C.CC(Cl)OC(=O)C(C)(C)C.CN(CC(CSP(=O)(O)O)CN(C)C(=O)OC(C)(C)C)C(=O)OC(C)(C)C.CNCC(CNC)CSP(=O)(OC(C)OC(=O)C(C)(C)C)OC(C)OC(=O)C(C)(C)C.Cl. The van der Waals surface area contributed by atoms with Gasteiger partial charge in [0.2, 0.25) is 12.6 Å². The van der Waals surface area contributed by atoms with Gasteiger partial charge in [0, 0.05) is 44.6 Å². The van der Waals surface area contributed by atoms with Gasteiger partial charge in [-0.25, -0.2) is 18.7 Å². The summed E-state index contributed by atoms with van der Waals surface area (Å²) in [6.07, 6.45) is -3.31. The number of halogens is 2. The number of carbonyl (C=O) groups is 5. The molecule has 0 aromatic heterocycles. The number of nitrogens with zero attached hydrogens (tertiary/aromatic N) is 2. The van der Waals surface area contributed by atoms with E-state index in [1.807, 2.05) is 14.1 Å². The third-order valence-electron chi connectivity index (χ3n) is 7.61. The first-order valence-corrected chi connectivity index (χ1v) is 28.8. The normalized spacial score (nSPS) is 14.1. The first-order valence-electron chi connectivity index (χ1n) is 22.0. The Labute approximate surface area is 447 Å². The van der Waals surface area contributed by atoms with Gasteiger partial charge in [0.05, 0.1) is 16.2 Å². The molecule has 26 heteroatoms. The zero-order valence-electron chi connectivity index (χ0n) is 45.1. The zero-order chi connectivity index (χ0) is 54.4. The van der Waals surface area contributed by atoms with E-state index in [9.17, 15) is 33.1 Å². The van der Waals surface area contributed by atoms with Gasteiger partial charge in [0.25, 0.3) is 0 Å². The second kappa shape index (κ2) is 35.7. The van der Waals surface area contributed by atoms with Crippen LogP contribution in [0.1, 0.15) is 139 Å². The molecule has 0 aliphatic rings. The Bertz CT molecular complexity index is 1570. The van der Waals surface area contributed by atoms with Gasteiger partial charge in [-0.2, -0.15) is 0 Å². The fourth-order valence-electron chi connectivity index (χ4n) is 4.40. The number of hydrogen-bond acceptors (Lipinski definition) is 18. The molecule has 4 N–H and O–H groups in total. The van der Waals surface area contributed by atoms with Crippen molar-refractivity contribution in [3.8, 4) is 0 Å². The second-order valence-corrected chi connectivity index (χ2v) is 29.4. The first kappa shape index (κ1) is 80.8. The highest BCUT2D eigenvalue weighted by molar-refractivity contribution is 8.55. The predicted molar refractivity (Wildman–Crippen MR) is 291 cm³/mol. The molecule has 20 nitrogen and oxygen atoms in total. The third-order valence-corrected chi connectivity index (χ3v) is 14.1. The summed E-state index contributed by atoms with van der Waals surface area (Å²) in [6, 6.07) is 0. The Balaban J connectivity index is -0.000000242. The number of ether oxygens (including phenoxy) is 5. The molecule has 0 saturated carbocycles. The lowest BCUT2D eigenvalue weighted by molar-refractivity contribution is -0.176. The molecule has 0 heterocycles. The summed E-state index contributed by atoms with van der Waals surface area (Å²) in [6.45, 7) is 24.3. The Morgan fingerprint density at radius 3 is 1.11 bits per heavy atom. The fraction of sp³-hybridized carbons (Fsp3) is 0.889. The Kier molecular flexibility index (Phi) is 40.6. The van der Waals surface area contributed by atoms with Gasteiger partial charge in [-0.05, 0) is 180 Å². The predicted octanol–water partition coefficient (Wildman–Crippen LogP) is 10.8. The molecule has 0 aliphatic carbocycles. The lowest BCUT2D eigenvalue weighted by Crippen LogP contribution is -2.42. The van der Waals surface area contributed by atoms with Crippen LogP contribution in [0, 0.1) is 28.1 Å². The zero-order valence-corrected chi connectivity index (χ0v) is 50.1. The number of rotatable bonds is 21. The highest BCUT2D eigenvalue weighted by Crippen LogP contribution is 2.63. The van der Waals surface area contributed by atoms with Crippen LogP contribution in [0.3, 0.4) is 0 Å². The largest absolute Gasteiger partial charge is 0.446 e. The Morgan fingerprint density at radius 2 is 0.873 bits per heavy atom. The molecule has 0 bridgehead atoms. The maximum absolute atomic E-state index is 13.5. The van der Waals surface area contributed by atoms with Crippen LogP contribution in [0.15, 0.2) is 0 Å². The fourth-order valence-corrected chi connectivity index (χ4v) is 10.2. The Hall–Kier alpha value is -1.55. The van der Waals surface area contributed by atoms with Crippen molar-refractivity contribution in [2.75, 3.05) is 65.9 Å². The molecule has 3 atom stereocenters. The lowest BCUT2D eigenvalue weighted by atomic mass is 9.97. The minimum Gasteiger partial charge on any atom is -0.446 e. The van der Waals surface area contributed by atoms with Crippen molar-refractivity contribution in [3.05, 3.63) is 0 Å². The molecule has 0 radical (unpaired) electrons. The summed E-state index contributed by atoms with van der Waals surface area (Å²) >= 11 is 6.91. The standard InChI is InChI=1S/C20H41N2O7PS.C16H33N2O7PS.C7H13ClO2.2CH4.ClH/c1-14(26-17(23)19(3,4)5)28-30(25,31-13-16(11-21-9)12-22-10)29-15(2)27-18(24)20(6,7)8;1-15(2,3)24-13(19)17(7)9-12(11-27-26(21,22)23)10-18(8)14(20)25-16(4,5)6;1-5(8)10-6(9)7(2,3)4;;;/h14-16,21-22H,11-13H2,1-10H3;12H,9-11H2,1-8H3,(H2,21,22,23);5H,1-4H3;2*1H4;1H. The van der Waals surface area contributed by atoms with E-state index in [1.165, 1.54) is 37.7 Å². The van der Waals surface area contributed by atoms with Gasteiger partial charge >= 0.3 is 43.7 Å². The summed E-state index contributed by atoms with van der Waals surface area (Å²) in [5, 5.41) is 6.18. The van der Waals surface area contributed by atoms with Crippen molar-refractivity contribution in [3.63, 3.8) is 0 Å². The van der Waals surface area contributed by atoms with Gasteiger partial charge in [-0.1, -0.05) is 26.5 Å². The van der Waals surface area contributed by atoms with Crippen LogP contribution in [0.4, 0.5) is 9.59 Å². The molecule has 3 unspecified atom stereocenters. The number of carbonyl (C=O) groups excluding carboxylic acids is 5. The molecular formula is C45H96Cl2N4O16P2S2. The molecule has 0 aromatic rings. The summed E-state index contributed by atoms with van der Waals surface area (Å²) < 4.78 is 61.7. The average molecular weight is 1150 g/mol. The van der Waals surface area contributed by atoms with E-state index in [0.29, 0.717) is 30.2 Å². The van der Waals surface area contributed by atoms with Crippen LogP contribution in [0.25, 0.3) is 0 Å². The number of nitrogens with one attached hydrogen (secondary N) is 2. The van der Waals surface area contributed by atoms with Gasteiger partial charge in [0.1, 0.15) is 11.2 Å². The molecule has 0 aliphatic heterocycles. The van der Waals surface area contributed by atoms with Crippen molar-refractivity contribution < 1.29 is 75.6 Å². The topological polar surface area (TPSA) is 255 Å². The van der Waals surface area contributed by atoms with Crippen molar-refractivity contribution in [1.29, 1.82) is 0 Å². The van der Waals surface area contributed by atoms with Gasteiger partial charge in [-0.3, -0.25) is 23.4 Å². The first-order chi connectivity index (χ1) is 30.3. The summed E-state index contributed by atoms with van der Waals surface area (Å²) in [5.41, 5.74) is -3.79. The van der Waals surface area contributed by atoms with Gasteiger partial charge in [0.15, 0.2) is 5.56 Å². The molecule has 428 valence electrons. The highest BCUT2D eigenvalue weighted by atomic mass is 35.5. The smallest absolute Gasteiger partial charge is 0.410 e. The molecule has 0 aromatic carbocycles. The molecule has 71 heavy (non-hydrogen) atoms. The van der Waals surface area contributed by atoms with E-state index >= 15 is 0 Å². The number of hydrogen-bond donors (Lipinski definition) is 4. The number of amides is 2. The Morgan fingerprint density at radius 1 is 0.577 bits per heavy atom. The van der Waals surface area contributed by atoms with Crippen LogP contribution >= 0.6 is 60.4 Å². The maximum atomic E-state index is 13.5. The van der Waals surface area contributed by atoms with Crippen molar-refractivity contribution in [2.24, 2.45) is 28.1 Å². The van der Waals surface area contributed by atoms with E-state index in [0.717, 1.165) is 11.4 Å². The van der Waals surface area contributed by atoms with Crippen LogP contribution in [-0.4, -0.2) is 145 Å². The van der Waals surface area contributed by atoms with Crippen molar-refractivity contribution in [1.82, 2.24) is 20.4 Å². The van der Waals surface area contributed by atoms with Crippen LogP contribution < -0.4 is 10.6 Å². The minimum absolute atomic E-state index is 0.